The molecule has 1 saturated carbocycles. The van der Waals surface area contributed by atoms with Gasteiger partial charge in [0.05, 0.1) is 21.1 Å². The topological polar surface area (TPSA) is 132 Å². The summed E-state index contributed by atoms with van der Waals surface area (Å²) >= 11 is 16.0. The third-order valence-corrected chi connectivity index (χ3v) is 14.0. The lowest BCUT2D eigenvalue weighted by Gasteiger charge is -2.35. The van der Waals surface area contributed by atoms with Crippen LogP contribution in [-0.2, 0) is 17.8 Å². The van der Waals surface area contributed by atoms with Gasteiger partial charge in [-0.05, 0) is 92.4 Å². The average molecular weight is 900 g/mol. The fraction of sp³-hybridized carbons (Fsp3) is 0.370. The first-order valence-corrected chi connectivity index (χ1v) is 22.3. The normalized spacial score (nSPS) is 18.7. The van der Waals surface area contributed by atoms with Gasteiger partial charge < -0.3 is 29.0 Å². The molecule has 4 bridgehead atoms. The largest absolute Gasteiger partial charge is 0.490 e. The summed E-state index contributed by atoms with van der Waals surface area (Å²) in [6.07, 6.45) is 4.34. The number of hydrogen-bond acceptors (Lipinski definition) is 12. The molecular weight excluding hydrogens is 855 g/mol. The van der Waals surface area contributed by atoms with Crippen molar-refractivity contribution in [1.82, 2.24) is 29.7 Å². The number of aromatic nitrogens is 4. The molecule has 6 aromatic rings. The Morgan fingerprint density at radius 1 is 0.968 bits per heavy atom. The number of rotatable bonds is 8. The lowest BCUT2D eigenvalue weighted by Crippen LogP contribution is -2.49. The Morgan fingerprint density at radius 3 is 2.44 bits per heavy atom. The highest BCUT2D eigenvalue weighted by molar-refractivity contribution is 7.22. The monoisotopic (exact) mass is 898 g/mol. The Labute approximate surface area is 372 Å². The van der Waals surface area contributed by atoms with E-state index in [4.69, 9.17) is 47.1 Å². The van der Waals surface area contributed by atoms with Crippen molar-refractivity contribution in [2.45, 2.75) is 64.3 Å². The molecule has 2 fully saturated rings. The molecule has 16 heteroatoms. The third-order valence-electron chi connectivity index (χ3n) is 11.9. The lowest BCUT2D eigenvalue weighted by atomic mass is 9.85. The fourth-order valence-corrected chi connectivity index (χ4v) is 9.88. The number of ether oxygens (including phenoxy) is 4. The van der Waals surface area contributed by atoms with Gasteiger partial charge in [-0.15, -0.1) is 11.3 Å². The molecule has 0 amide bonds. The van der Waals surface area contributed by atoms with Crippen molar-refractivity contribution in [2.24, 2.45) is 0 Å². The van der Waals surface area contributed by atoms with E-state index in [9.17, 15) is 14.3 Å². The molecule has 0 unspecified atom stereocenters. The number of piperazine rings is 1. The predicted molar refractivity (Wildman–Crippen MR) is 237 cm³/mol. The number of fused-ring (bicyclic) bond motifs is 7. The molecule has 322 valence electrons. The van der Waals surface area contributed by atoms with E-state index < -0.39 is 18.2 Å². The second-order valence-corrected chi connectivity index (χ2v) is 17.9. The molecule has 10 rings (SSSR count). The van der Waals surface area contributed by atoms with Crippen LogP contribution in [0.3, 0.4) is 0 Å². The van der Waals surface area contributed by atoms with Crippen molar-refractivity contribution in [3.63, 3.8) is 0 Å². The minimum Gasteiger partial charge on any atom is -0.490 e. The number of carboxylic acid groups (broad SMARTS) is 1. The van der Waals surface area contributed by atoms with Gasteiger partial charge in [-0.25, -0.2) is 29.1 Å². The summed E-state index contributed by atoms with van der Waals surface area (Å²) in [5.41, 5.74) is 4.58. The van der Waals surface area contributed by atoms with E-state index in [0.717, 1.165) is 49.7 Å². The molecule has 3 aromatic carbocycles. The quantitative estimate of drug-likeness (QED) is 0.156. The van der Waals surface area contributed by atoms with Gasteiger partial charge in [0.1, 0.15) is 53.6 Å². The first-order valence-electron chi connectivity index (χ1n) is 20.7. The number of carboxylic acids is 1. The van der Waals surface area contributed by atoms with Crippen LogP contribution in [0, 0.1) is 19.7 Å². The number of nitrogens with zero attached hydrogens (tertiary/aromatic N) is 6. The Bertz CT molecular complexity index is 2610. The van der Waals surface area contributed by atoms with Gasteiger partial charge in [-0.3, -0.25) is 4.90 Å². The Morgan fingerprint density at radius 2 is 1.73 bits per heavy atom. The van der Waals surface area contributed by atoms with E-state index in [-0.39, 0.29) is 31.3 Å². The molecule has 4 aliphatic rings. The van der Waals surface area contributed by atoms with Gasteiger partial charge in [-0.1, -0.05) is 41.8 Å². The van der Waals surface area contributed by atoms with Gasteiger partial charge in [0.25, 0.3) is 0 Å². The molecule has 1 saturated heterocycles. The Kier molecular flexibility index (Phi) is 12.2. The summed E-state index contributed by atoms with van der Waals surface area (Å²) in [4.78, 5) is 37.6. The Balaban J connectivity index is 1.18. The molecule has 0 radical (unpaired) electrons. The van der Waals surface area contributed by atoms with Crippen LogP contribution >= 0.6 is 34.5 Å². The van der Waals surface area contributed by atoms with Gasteiger partial charge >= 0.3 is 5.97 Å². The maximum absolute atomic E-state index is 14.3. The minimum atomic E-state index is -1.43. The number of hydrogen-bond donors (Lipinski definition) is 1. The van der Waals surface area contributed by atoms with Crippen molar-refractivity contribution in [3.05, 3.63) is 105 Å². The SMILES string of the molecule is Cc1c(Cl)c2c(Cl)c(C)c1-c1c(-c3ccc(F)cc3)sc3ncnc(c13)O[C@@H](C(=O)O)Cc1cc(ccc1OCc1ccnc(C3CCC3)n1)OC[C@@H](CN1CCN(C)CC1)O2. The second-order valence-electron chi connectivity index (χ2n) is 16.1. The summed E-state index contributed by atoms with van der Waals surface area (Å²) in [5, 5.41) is 11.9. The molecule has 3 aliphatic heterocycles. The van der Waals surface area contributed by atoms with Crippen LogP contribution in [0.2, 0.25) is 10.0 Å². The van der Waals surface area contributed by atoms with Crippen LogP contribution in [0.4, 0.5) is 4.39 Å². The summed E-state index contributed by atoms with van der Waals surface area (Å²) in [6.45, 7) is 8.09. The van der Waals surface area contributed by atoms with Gasteiger partial charge in [-0.2, -0.15) is 0 Å². The number of benzene rings is 3. The number of halogens is 3. The summed E-state index contributed by atoms with van der Waals surface area (Å²) in [5.74, 6) is 0.866. The average Bonchev–Trinajstić information content (AvgIpc) is 3.63. The van der Waals surface area contributed by atoms with E-state index in [0.29, 0.717) is 89.0 Å². The van der Waals surface area contributed by atoms with E-state index >= 15 is 0 Å². The zero-order valence-electron chi connectivity index (χ0n) is 34.5. The predicted octanol–water partition coefficient (Wildman–Crippen LogP) is 9.19. The van der Waals surface area contributed by atoms with Gasteiger partial charge in [0.15, 0.2) is 5.75 Å². The number of likely N-dealkylation sites (N-methyl/N-ethyl adjacent to an activating group) is 1. The number of thiophene rings is 1. The zero-order valence-corrected chi connectivity index (χ0v) is 36.8. The van der Waals surface area contributed by atoms with E-state index in [1.165, 1.54) is 36.2 Å². The summed E-state index contributed by atoms with van der Waals surface area (Å²) < 4.78 is 40.5. The van der Waals surface area contributed by atoms with Gasteiger partial charge in [0.2, 0.25) is 12.0 Å². The van der Waals surface area contributed by atoms with Crippen molar-refractivity contribution >= 4 is 50.7 Å². The highest BCUT2D eigenvalue weighted by Gasteiger charge is 2.32. The highest BCUT2D eigenvalue weighted by atomic mass is 35.5. The van der Waals surface area contributed by atoms with Crippen LogP contribution in [-0.4, -0.2) is 99.4 Å². The number of aliphatic carboxylic acids is 1. The van der Waals surface area contributed by atoms with Gasteiger partial charge in [0, 0.05) is 67.3 Å². The molecule has 12 nitrogen and oxygen atoms in total. The molecule has 3 aromatic heterocycles. The van der Waals surface area contributed by atoms with Crippen LogP contribution in [0.25, 0.3) is 31.8 Å². The number of carbonyl (C=O) groups is 1. The summed E-state index contributed by atoms with van der Waals surface area (Å²) in [7, 11) is 2.11. The molecular formula is C46H45Cl2FN6O6S. The van der Waals surface area contributed by atoms with E-state index in [2.05, 4.69) is 31.8 Å². The minimum absolute atomic E-state index is 0.0457. The maximum atomic E-state index is 14.3. The van der Waals surface area contributed by atoms with E-state index in [1.807, 2.05) is 19.9 Å². The Hall–Kier alpha value is -5.12. The maximum Gasteiger partial charge on any atom is 0.345 e. The van der Waals surface area contributed by atoms with Crippen LogP contribution in [0.5, 0.6) is 23.1 Å². The first kappa shape index (κ1) is 42.2. The smallest absolute Gasteiger partial charge is 0.345 e. The van der Waals surface area contributed by atoms with Crippen molar-refractivity contribution < 1.29 is 33.2 Å². The lowest BCUT2D eigenvalue weighted by molar-refractivity contribution is -0.145. The highest BCUT2D eigenvalue weighted by Crippen LogP contribution is 2.53. The summed E-state index contributed by atoms with van der Waals surface area (Å²) in [6, 6.07) is 13.3. The molecule has 62 heavy (non-hydrogen) atoms. The molecule has 1 aliphatic carbocycles. The molecule has 2 atom stereocenters. The molecule has 6 heterocycles. The van der Waals surface area contributed by atoms with Crippen LogP contribution < -0.4 is 18.9 Å². The van der Waals surface area contributed by atoms with Crippen LogP contribution in [0.15, 0.2) is 61.1 Å². The standard InChI is InChI=1S/C46H45Cl2FN6O6S/c1-25-36-26(2)40(48)41(39(25)47)60-33(21-55-17-15-54(3)16-18-55)23-58-32-11-12-34(59-22-31-13-14-50-43(53-31)28-5-4-6-28)29(19-32)20-35(46(56)57)61-44-38-37(36)42(62-45(38)52-24-51-44)27-7-9-30(49)10-8-27/h7-14,19,24,28,33,35H,4-6,15-18,20-23H2,1-3H3,(H,56,57)/t33-,35-/m1/s1. The molecule has 0 spiro atoms. The fourth-order valence-electron chi connectivity index (χ4n) is 8.22. The molecule has 1 N–H and O–H groups in total. The second kappa shape index (κ2) is 17.9. The third kappa shape index (κ3) is 8.63. The van der Waals surface area contributed by atoms with Crippen molar-refractivity contribution in [3.8, 4) is 44.7 Å². The first-order chi connectivity index (χ1) is 30.0. The van der Waals surface area contributed by atoms with Crippen molar-refractivity contribution in [1.29, 1.82) is 0 Å². The van der Waals surface area contributed by atoms with E-state index in [1.54, 1.807) is 36.5 Å². The van der Waals surface area contributed by atoms with Crippen molar-refractivity contribution in [2.75, 3.05) is 46.4 Å². The van der Waals surface area contributed by atoms with Crippen LogP contribution in [0.1, 0.15) is 53.4 Å². The zero-order chi connectivity index (χ0) is 43.1.